The predicted molar refractivity (Wildman–Crippen MR) is 80.2 cm³/mol. The van der Waals surface area contributed by atoms with Gasteiger partial charge in [-0.05, 0) is 43.9 Å². The Labute approximate surface area is 124 Å². The highest BCUT2D eigenvalue weighted by molar-refractivity contribution is 6.36. The molecule has 1 saturated heterocycles. The summed E-state index contributed by atoms with van der Waals surface area (Å²) >= 11 is 11.9. The highest BCUT2D eigenvalue weighted by atomic mass is 35.5. The minimum Gasteiger partial charge on any atom is -0.293 e. The van der Waals surface area contributed by atoms with Crippen LogP contribution in [0.5, 0.6) is 0 Å². The molecule has 1 heterocycles. The van der Waals surface area contributed by atoms with E-state index >= 15 is 0 Å². The van der Waals surface area contributed by atoms with E-state index in [1.807, 2.05) is 0 Å². The Balaban J connectivity index is 2.07. The van der Waals surface area contributed by atoms with Gasteiger partial charge in [-0.1, -0.05) is 30.1 Å². The van der Waals surface area contributed by atoms with Crippen LogP contribution in [-0.2, 0) is 0 Å². The maximum absolute atomic E-state index is 12.3. The Hall–Kier alpha value is -0.570. The van der Waals surface area contributed by atoms with Gasteiger partial charge in [0.25, 0.3) is 0 Å². The lowest BCUT2D eigenvalue weighted by Gasteiger charge is -2.36. The molecule has 0 bridgehead atoms. The van der Waals surface area contributed by atoms with Crippen molar-refractivity contribution in [2.45, 2.75) is 32.7 Å². The third-order valence-electron chi connectivity index (χ3n) is 3.83. The van der Waals surface area contributed by atoms with E-state index in [-0.39, 0.29) is 5.78 Å². The third-order valence-corrected chi connectivity index (χ3v) is 4.37. The molecular weight excluding hydrogens is 281 g/mol. The minimum atomic E-state index is 0.0719. The molecule has 19 heavy (non-hydrogen) atoms. The van der Waals surface area contributed by atoms with Crippen LogP contribution in [0.15, 0.2) is 18.2 Å². The molecule has 1 aromatic carbocycles. The summed E-state index contributed by atoms with van der Waals surface area (Å²) in [6.07, 6.45) is 2.40. The van der Waals surface area contributed by atoms with E-state index in [4.69, 9.17) is 23.2 Å². The summed E-state index contributed by atoms with van der Waals surface area (Å²) < 4.78 is 0. The van der Waals surface area contributed by atoms with Crippen LogP contribution in [-0.4, -0.2) is 29.8 Å². The fraction of sp³-hybridized carbons (Fsp3) is 0.533. The van der Waals surface area contributed by atoms with Gasteiger partial charge in [-0.25, -0.2) is 0 Å². The lowest BCUT2D eigenvalue weighted by atomic mass is 9.94. The lowest BCUT2D eigenvalue weighted by Crippen LogP contribution is -2.43. The van der Waals surface area contributed by atoms with Gasteiger partial charge in [0.2, 0.25) is 0 Å². The summed E-state index contributed by atoms with van der Waals surface area (Å²) in [5.74, 6) is 0.729. The SMILES string of the molecule is CC1CCC(C)N(CC(=O)c2ccc(Cl)cc2Cl)C1. The first kappa shape index (κ1) is 14.8. The number of rotatable bonds is 3. The highest BCUT2D eigenvalue weighted by Gasteiger charge is 2.25. The first-order valence-corrected chi connectivity index (χ1v) is 7.45. The van der Waals surface area contributed by atoms with Crippen molar-refractivity contribution in [2.75, 3.05) is 13.1 Å². The predicted octanol–water partition coefficient (Wildman–Crippen LogP) is 4.30. The minimum absolute atomic E-state index is 0.0719. The standard InChI is InChI=1S/C15H19Cl2NO/c1-10-3-4-11(2)18(8-10)9-15(19)13-6-5-12(16)7-14(13)17/h5-7,10-11H,3-4,8-9H2,1-2H3. The molecule has 4 heteroatoms. The van der Waals surface area contributed by atoms with E-state index in [1.54, 1.807) is 18.2 Å². The van der Waals surface area contributed by atoms with Crippen molar-refractivity contribution in [3.05, 3.63) is 33.8 Å². The lowest BCUT2D eigenvalue weighted by molar-refractivity contribution is 0.0805. The molecule has 1 aromatic rings. The molecule has 0 radical (unpaired) electrons. The maximum Gasteiger partial charge on any atom is 0.178 e. The van der Waals surface area contributed by atoms with Crippen LogP contribution in [0.1, 0.15) is 37.0 Å². The molecule has 104 valence electrons. The average Bonchev–Trinajstić information content (AvgIpc) is 2.33. The van der Waals surface area contributed by atoms with Crippen molar-refractivity contribution in [1.82, 2.24) is 4.90 Å². The molecule has 2 unspecified atom stereocenters. The fourth-order valence-corrected chi connectivity index (χ4v) is 3.10. The van der Waals surface area contributed by atoms with Crippen LogP contribution < -0.4 is 0 Å². The summed E-state index contributed by atoms with van der Waals surface area (Å²) in [5, 5.41) is 0.997. The van der Waals surface area contributed by atoms with Gasteiger partial charge >= 0.3 is 0 Å². The van der Waals surface area contributed by atoms with Crippen molar-refractivity contribution >= 4 is 29.0 Å². The molecule has 2 rings (SSSR count). The van der Waals surface area contributed by atoms with Crippen LogP contribution in [0.4, 0.5) is 0 Å². The number of nitrogens with zero attached hydrogens (tertiary/aromatic N) is 1. The fourth-order valence-electron chi connectivity index (χ4n) is 2.59. The van der Waals surface area contributed by atoms with Gasteiger partial charge in [-0.2, -0.15) is 0 Å². The summed E-state index contributed by atoms with van der Waals surface area (Å²) in [6, 6.07) is 5.51. The Morgan fingerprint density at radius 3 is 2.74 bits per heavy atom. The number of hydrogen-bond acceptors (Lipinski definition) is 2. The summed E-state index contributed by atoms with van der Waals surface area (Å²) in [6.45, 7) is 5.84. The average molecular weight is 300 g/mol. The molecule has 0 N–H and O–H groups in total. The molecule has 2 atom stereocenters. The smallest absolute Gasteiger partial charge is 0.178 e. The van der Waals surface area contributed by atoms with Crippen molar-refractivity contribution < 1.29 is 4.79 Å². The topological polar surface area (TPSA) is 20.3 Å². The van der Waals surface area contributed by atoms with Gasteiger partial charge in [0, 0.05) is 23.2 Å². The molecule has 0 spiro atoms. The zero-order valence-corrected chi connectivity index (χ0v) is 12.8. The summed E-state index contributed by atoms with van der Waals surface area (Å²) in [4.78, 5) is 14.6. The van der Waals surface area contributed by atoms with Crippen LogP contribution in [0.2, 0.25) is 10.0 Å². The Morgan fingerprint density at radius 2 is 2.05 bits per heavy atom. The van der Waals surface area contributed by atoms with E-state index < -0.39 is 0 Å². The van der Waals surface area contributed by atoms with Crippen LogP contribution in [0.3, 0.4) is 0 Å². The Kier molecular flexibility index (Phi) is 4.88. The first-order valence-electron chi connectivity index (χ1n) is 6.69. The number of hydrogen-bond donors (Lipinski definition) is 0. The highest BCUT2D eigenvalue weighted by Crippen LogP contribution is 2.24. The van der Waals surface area contributed by atoms with Crippen molar-refractivity contribution in [3.63, 3.8) is 0 Å². The normalized spacial score (nSPS) is 24.4. The Bertz CT molecular complexity index is 475. The molecule has 2 nitrogen and oxygen atoms in total. The van der Waals surface area contributed by atoms with E-state index in [2.05, 4.69) is 18.7 Å². The summed E-state index contributed by atoms with van der Waals surface area (Å²) in [5.41, 5.74) is 0.566. The molecule has 0 aliphatic carbocycles. The monoisotopic (exact) mass is 299 g/mol. The number of carbonyl (C=O) groups is 1. The van der Waals surface area contributed by atoms with Crippen LogP contribution in [0, 0.1) is 5.92 Å². The molecule has 0 amide bonds. The number of carbonyl (C=O) groups excluding carboxylic acids is 1. The third kappa shape index (κ3) is 3.71. The van der Waals surface area contributed by atoms with Crippen LogP contribution >= 0.6 is 23.2 Å². The van der Waals surface area contributed by atoms with Gasteiger partial charge in [-0.15, -0.1) is 0 Å². The van der Waals surface area contributed by atoms with Gasteiger partial charge in [0.15, 0.2) is 5.78 Å². The molecular formula is C15H19Cl2NO. The zero-order valence-electron chi connectivity index (χ0n) is 11.3. The second kappa shape index (κ2) is 6.25. The molecule has 1 fully saturated rings. The quantitative estimate of drug-likeness (QED) is 0.776. The summed E-state index contributed by atoms with van der Waals surface area (Å²) in [7, 11) is 0. The van der Waals surface area contributed by atoms with Crippen LogP contribution in [0.25, 0.3) is 0 Å². The van der Waals surface area contributed by atoms with Gasteiger partial charge < -0.3 is 0 Å². The second-order valence-electron chi connectivity index (χ2n) is 5.51. The van der Waals surface area contributed by atoms with Gasteiger partial charge in [0.05, 0.1) is 11.6 Å². The number of Topliss-reactive ketones (excluding diaryl/α,β-unsaturated/α-hetero) is 1. The van der Waals surface area contributed by atoms with Crippen molar-refractivity contribution in [2.24, 2.45) is 5.92 Å². The van der Waals surface area contributed by atoms with E-state index in [9.17, 15) is 4.79 Å². The number of piperidine rings is 1. The number of benzene rings is 1. The molecule has 0 saturated carbocycles. The molecule has 1 aliphatic rings. The van der Waals surface area contributed by atoms with Gasteiger partial charge in [-0.3, -0.25) is 9.69 Å². The maximum atomic E-state index is 12.3. The number of likely N-dealkylation sites (tertiary alicyclic amines) is 1. The Morgan fingerprint density at radius 1 is 1.32 bits per heavy atom. The second-order valence-corrected chi connectivity index (χ2v) is 6.35. The zero-order chi connectivity index (χ0) is 14.0. The van der Waals surface area contributed by atoms with E-state index in [1.165, 1.54) is 6.42 Å². The van der Waals surface area contributed by atoms with E-state index in [0.717, 1.165) is 13.0 Å². The number of ketones is 1. The molecule has 1 aliphatic heterocycles. The molecule has 0 aromatic heterocycles. The van der Waals surface area contributed by atoms with Crippen molar-refractivity contribution in [1.29, 1.82) is 0 Å². The van der Waals surface area contributed by atoms with Gasteiger partial charge in [0.1, 0.15) is 0 Å². The number of halogens is 2. The first-order chi connectivity index (χ1) is 8.97. The van der Waals surface area contributed by atoms with Crippen molar-refractivity contribution in [3.8, 4) is 0 Å². The van der Waals surface area contributed by atoms with E-state index in [0.29, 0.717) is 34.1 Å². The largest absolute Gasteiger partial charge is 0.293 e.